The summed E-state index contributed by atoms with van der Waals surface area (Å²) in [6.45, 7) is 2.51. The Hall–Kier alpha value is -1.67. The van der Waals surface area contributed by atoms with Crippen molar-refractivity contribution in [1.29, 1.82) is 0 Å². The van der Waals surface area contributed by atoms with Crippen molar-refractivity contribution in [3.05, 3.63) is 70.5 Å². The summed E-state index contributed by atoms with van der Waals surface area (Å²) in [4.78, 5) is 0. The summed E-state index contributed by atoms with van der Waals surface area (Å²) in [6.07, 6.45) is 3.55. The SMILES string of the molecule is Cc1ccc(CNC2CCCc3ccccc32)cc1F. The molecule has 0 radical (unpaired) electrons. The van der Waals surface area contributed by atoms with E-state index in [1.165, 1.54) is 24.0 Å². The highest BCUT2D eigenvalue weighted by molar-refractivity contribution is 5.32. The van der Waals surface area contributed by atoms with Gasteiger partial charge in [-0.3, -0.25) is 0 Å². The van der Waals surface area contributed by atoms with Gasteiger partial charge >= 0.3 is 0 Å². The third-order valence-corrected chi connectivity index (χ3v) is 4.16. The van der Waals surface area contributed by atoms with Gasteiger partial charge in [0.2, 0.25) is 0 Å². The molecule has 2 heteroatoms. The first-order valence-corrected chi connectivity index (χ1v) is 7.30. The zero-order valence-corrected chi connectivity index (χ0v) is 11.8. The highest BCUT2D eigenvalue weighted by Gasteiger charge is 2.18. The second-order valence-electron chi connectivity index (χ2n) is 5.61. The van der Waals surface area contributed by atoms with Gasteiger partial charge in [-0.15, -0.1) is 0 Å². The van der Waals surface area contributed by atoms with Crippen molar-refractivity contribution in [3.8, 4) is 0 Å². The minimum absolute atomic E-state index is 0.117. The highest BCUT2D eigenvalue weighted by atomic mass is 19.1. The molecule has 20 heavy (non-hydrogen) atoms. The van der Waals surface area contributed by atoms with E-state index in [9.17, 15) is 4.39 Å². The van der Waals surface area contributed by atoms with Crippen LogP contribution in [0.15, 0.2) is 42.5 Å². The Morgan fingerprint density at radius 1 is 1.20 bits per heavy atom. The zero-order valence-electron chi connectivity index (χ0n) is 11.8. The predicted octanol–water partition coefficient (Wildman–Crippen LogP) is 4.30. The van der Waals surface area contributed by atoms with Gasteiger partial charge in [0.05, 0.1) is 0 Å². The van der Waals surface area contributed by atoms with Crippen LogP contribution in [-0.4, -0.2) is 0 Å². The molecule has 0 amide bonds. The van der Waals surface area contributed by atoms with Crippen molar-refractivity contribution in [2.24, 2.45) is 0 Å². The standard InChI is InChI=1S/C18H20FN/c1-13-9-10-14(11-17(13)19)12-20-18-8-4-6-15-5-2-3-7-16(15)18/h2-3,5,7,9-11,18,20H,4,6,8,12H2,1H3. The first-order valence-electron chi connectivity index (χ1n) is 7.30. The van der Waals surface area contributed by atoms with Crippen LogP contribution < -0.4 is 5.32 Å². The van der Waals surface area contributed by atoms with Crippen LogP contribution in [0.3, 0.4) is 0 Å². The van der Waals surface area contributed by atoms with E-state index in [-0.39, 0.29) is 5.82 Å². The summed E-state index contributed by atoms with van der Waals surface area (Å²) in [5.41, 5.74) is 4.57. The molecule has 0 spiro atoms. The predicted molar refractivity (Wildman–Crippen MR) is 80.1 cm³/mol. The number of rotatable bonds is 3. The first kappa shape index (κ1) is 13.3. The number of nitrogens with one attached hydrogen (secondary N) is 1. The van der Waals surface area contributed by atoms with E-state index < -0.39 is 0 Å². The van der Waals surface area contributed by atoms with Crippen LogP contribution in [0, 0.1) is 12.7 Å². The molecule has 0 saturated carbocycles. The number of aryl methyl sites for hydroxylation is 2. The minimum Gasteiger partial charge on any atom is -0.306 e. The number of fused-ring (bicyclic) bond motifs is 1. The lowest BCUT2D eigenvalue weighted by Crippen LogP contribution is -2.24. The van der Waals surface area contributed by atoms with Gasteiger partial charge in [-0.1, -0.05) is 36.4 Å². The topological polar surface area (TPSA) is 12.0 Å². The van der Waals surface area contributed by atoms with E-state index in [4.69, 9.17) is 0 Å². The van der Waals surface area contributed by atoms with Gasteiger partial charge in [0.1, 0.15) is 5.82 Å². The highest BCUT2D eigenvalue weighted by Crippen LogP contribution is 2.29. The molecule has 2 aromatic rings. The van der Waals surface area contributed by atoms with E-state index in [0.29, 0.717) is 11.6 Å². The summed E-state index contributed by atoms with van der Waals surface area (Å²) in [6, 6.07) is 14.5. The fraction of sp³-hybridized carbons (Fsp3) is 0.333. The van der Waals surface area contributed by atoms with E-state index in [1.807, 2.05) is 12.1 Å². The molecule has 0 aromatic heterocycles. The number of hydrogen-bond acceptors (Lipinski definition) is 1. The number of hydrogen-bond donors (Lipinski definition) is 1. The zero-order chi connectivity index (χ0) is 13.9. The fourth-order valence-corrected chi connectivity index (χ4v) is 2.95. The maximum atomic E-state index is 13.6. The molecule has 2 aromatic carbocycles. The van der Waals surface area contributed by atoms with Gasteiger partial charge in [0.25, 0.3) is 0 Å². The van der Waals surface area contributed by atoms with E-state index in [0.717, 1.165) is 18.5 Å². The molecule has 0 heterocycles. The van der Waals surface area contributed by atoms with E-state index in [1.54, 1.807) is 13.0 Å². The molecule has 1 atom stereocenters. The largest absolute Gasteiger partial charge is 0.306 e. The molecule has 0 fully saturated rings. The van der Waals surface area contributed by atoms with Crippen molar-refractivity contribution in [2.75, 3.05) is 0 Å². The molecule has 3 rings (SSSR count). The molecular weight excluding hydrogens is 249 g/mol. The Kier molecular flexibility index (Phi) is 3.83. The monoisotopic (exact) mass is 269 g/mol. The van der Waals surface area contributed by atoms with Crippen LogP contribution in [-0.2, 0) is 13.0 Å². The van der Waals surface area contributed by atoms with Crippen molar-refractivity contribution in [2.45, 2.75) is 38.8 Å². The Bertz CT molecular complexity index is 606. The molecule has 1 nitrogen and oxygen atoms in total. The average molecular weight is 269 g/mol. The van der Waals surface area contributed by atoms with Gasteiger partial charge in [0, 0.05) is 12.6 Å². The van der Waals surface area contributed by atoms with Crippen LogP contribution in [0.4, 0.5) is 4.39 Å². The van der Waals surface area contributed by atoms with E-state index >= 15 is 0 Å². The lowest BCUT2D eigenvalue weighted by molar-refractivity contribution is 0.458. The third kappa shape index (κ3) is 2.75. The minimum atomic E-state index is -0.117. The van der Waals surface area contributed by atoms with Gasteiger partial charge in [-0.05, 0) is 54.5 Å². The van der Waals surface area contributed by atoms with Crippen LogP contribution in [0.2, 0.25) is 0 Å². The molecule has 0 bridgehead atoms. The lowest BCUT2D eigenvalue weighted by Gasteiger charge is -2.26. The summed E-state index contributed by atoms with van der Waals surface area (Å²) in [5, 5.41) is 3.57. The lowest BCUT2D eigenvalue weighted by atomic mass is 9.87. The molecule has 0 saturated heterocycles. The quantitative estimate of drug-likeness (QED) is 0.876. The van der Waals surface area contributed by atoms with Gasteiger partial charge < -0.3 is 5.32 Å². The second kappa shape index (κ2) is 5.76. The molecule has 1 aliphatic carbocycles. The summed E-state index contributed by atoms with van der Waals surface area (Å²) in [5.74, 6) is -0.117. The van der Waals surface area contributed by atoms with Crippen molar-refractivity contribution >= 4 is 0 Å². The second-order valence-corrected chi connectivity index (χ2v) is 5.61. The number of benzene rings is 2. The van der Waals surface area contributed by atoms with Crippen LogP contribution in [0.5, 0.6) is 0 Å². The fourth-order valence-electron chi connectivity index (χ4n) is 2.95. The maximum Gasteiger partial charge on any atom is 0.126 e. The van der Waals surface area contributed by atoms with Crippen molar-refractivity contribution < 1.29 is 4.39 Å². The van der Waals surface area contributed by atoms with Crippen LogP contribution in [0.25, 0.3) is 0 Å². The van der Waals surface area contributed by atoms with Crippen LogP contribution >= 0.6 is 0 Å². The molecular formula is C18H20FN. The summed E-state index contributed by atoms with van der Waals surface area (Å²) < 4.78 is 13.6. The van der Waals surface area contributed by atoms with Crippen LogP contribution in [0.1, 0.15) is 41.1 Å². The third-order valence-electron chi connectivity index (χ3n) is 4.16. The van der Waals surface area contributed by atoms with E-state index in [2.05, 4.69) is 29.6 Å². The number of halogens is 1. The van der Waals surface area contributed by atoms with Crippen molar-refractivity contribution in [3.63, 3.8) is 0 Å². The first-order chi connectivity index (χ1) is 9.74. The van der Waals surface area contributed by atoms with Gasteiger partial charge in [0.15, 0.2) is 0 Å². The summed E-state index contributed by atoms with van der Waals surface area (Å²) >= 11 is 0. The maximum absolute atomic E-state index is 13.6. The average Bonchev–Trinajstić information content (AvgIpc) is 2.48. The normalized spacial score (nSPS) is 17.8. The molecule has 1 aliphatic rings. The summed E-state index contributed by atoms with van der Waals surface area (Å²) in [7, 11) is 0. The Morgan fingerprint density at radius 2 is 2.05 bits per heavy atom. The van der Waals surface area contributed by atoms with Gasteiger partial charge in [-0.2, -0.15) is 0 Å². The smallest absolute Gasteiger partial charge is 0.126 e. The van der Waals surface area contributed by atoms with Crippen molar-refractivity contribution in [1.82, 2.24) is 5.32 Å². The molecule has 1 N–H and O–H groups in total. The Morgan fingerprint density at radius 3 is 2.90 bits per heavy atom. The Labute approximate surface area is 119 Å². The molecule has 0 aliphatic heterocycles. The molecule has 1 unspecified atom stereocenters. The Balaban J connectivity index is 1.71. The molecule has 104 valence electrons. The van der Waals surface area contributed by atoms with Gasteiger partial charge in [-0.25, -0.2) is 4.39 Å².